The van der Waals surface area contributed by atoms with Gasteiger partial charge >= 0.3 is 0 Å². The molecule has 43 heavy (non-hydrogen) atoms. The van der Waals surface area contributed by atoms with Crippen molar-refractivity contribution in [3.05, 3.63) is 150 Å². The molecule has 1 aromatic heterocycles. The van der Waals surface area contributed by atoms with E-state index in [9.17, 15) is 0 Å². The van der Waals surface area contributed by atoms with Gasteiger partial charge in [0, 0.05) is 27.6 Å². The van der Waals surface area contributed by atoms with Crippen molar-refractivity contribution in [3.8, 4) is 28.0 Å². The summed E-state index contributed by atoms with van der Waals surface area (Å²) >= 11 is 0. The van der Waals surface area contributed by atoms with Crippen LogP contribution < -0.4 is 4.74 Å². The molecule has 1 aliphatic heterocycles. The first-order chi connectivity index (χ1) is 21.1. The maximum absolute atomic E-state index is 6.65. The molecule has 0 atom stereocenters. The van der Waals surface area contributed by atoms with Crippen LogP contribution in [0.15, 0.2) is 115 Å². The molecule has 2 heterocycles. The summed E-state index contributed by atoms with van der Waals surface area (Å²) in [5, 5.41) is 1.04. The van der Waals surface area contributed by atoms with E-state index in [0.717, 1.165) is 83.7 Å². The van der Waals surface area contributed by atoms with Gasteiger partial charge in [-0.15, -0.1) is 0 Å². The second-order valence-electron chi connectivity index (χ2n) is 10.5. The van der Waals surface area contributed by atoms with E-state index in [1.54, 1.807) is 0 Å². The topological polar surface area (TPSA) is 22.4 Å². The van der Waals surface area contributed by atoms with Crippen molar-refractivity contribution in [2.75, 3.05) is 0 Å². The first-order valence-electron chi connectivity index (χ1n) is 14.5. The number of benzene rings is 4. The Bertz CT molecular complexity index is 1990. The van der Waals surface area contributed by atoms with E-state index in [1.807, 2.05) is 38.2 Å². The van der Waals surface area contributed by atoms with Crippen LogP contribution >= 0.6 is 0 Å². The van der Waals surface area contributed by atoms with Gasteiger partial charge in [-0.3, -0.25) is 0 Å². The van der Waals surface area contributed by atoms with Crippen molar-refractivity contribution in [2.45, 2.75) is 20.5 Å². The molecule has 2 heteroatoms. The lowest BCUT2D eigenvalue weighted by Gasteiger charge is -2.16. The third-order valence-corrected chi connectivity index (χ3v) is 7.92. The molecule has 2 nitrogen and oxygen atoms in total. The fraction of sp³-hybridized carbons (Fsp3) is 0.0732. The van der Waals surface area contributed by atoms with E-state index in [-0.39, 0.29) is 6.61 Å². The molecule has 0 radical (unpaired) electrons. The molecular weight excluding hydrogens is 524 g/mol. The first kappa shape index (κ1) is 27.8. The van der Waals surface area contributed by atoms with Gasteiger partial charge in [-0.1, -0.05) is 129 Å². The standard InChI is InChI=1S/C41H34O2/c1-6-12-30-20-22-32(24-29(30)9-4)36-16-11-17-38-37-23-18-27(5)34-14-10-15-35(40(34)42-26-39(37)43-41(36)38)33-21-19-28(8-3)31(25-33)13-7-2/h6-25H,3-5,26H2,1-2H3/b12-6-,13-7-,23-18-. The van der Waals surface area contributed by atoms with Gasteiger partial charge in [0.2, 0.25) is 0 Å². The van der Waals surface area contributed by atoms with E-state index >= 15 is 0 Å². The van der Waals surface area contributed by atoms with Crippen LogP contribution in [0.3, 0.4) is 0 Å². The Morgan fingerprint density at radius 2 is 1.33 bits per heavy atom. The van der Waals surface area contributed by atoms with Crippen molar-refractivity contribution >= 4 is 46.9 Å². The Labute approximate surface area is 254 Å². The van der Waals surface area contributed by atoms with Gasteiger partial charge in [-0.05, 0) is 64.9 Å². The van der Waals surface area contributed by atoms with Crippen LogP contribution in [0.2, 0.25) is 0 Å². The number of para-hydroxylation sites is 2. The third kappa shape index (κ3) is 5.13. The number of furan rings is 1. The Morgan fingerprint density at radius 3 is 2.09 bits per heavy atom. The van der Waals surface area contributed by atoms with Crippen LogP contribution in [0.1, 0.15) is 53.0 Å². The summed E-state index contributed by atoms with van der Waals surface area (Å²) in [5.41, 5.74) is 12.3. The summed E-state index contributed by atoms with van der Waals surface area (Å²) in [6.45, 7) is 16.8. The summed E-state index contributed by atoms with van der Waals surface area (Å²) in [7, 11) is 0. The Morgan fingerprint density at radius 1 is 0.674 bits per heavy atom. The fourth-order valence-electron chi connectivity index (χ4n) is 5.79. The number of ether oxygens (including phenoxy) is 1. The van der Waals surface area contributed by atoms with Crippen molar-refractivity contribution in [3.63, 3.8) is 0 Å². The Balaban J connectivity index is 1.46. The molecule has 0 saturated heterocycles. The van der Waals surface area contributed by atoms with Crippen molar-refractivity contribution in [1.29, 1.82) is 0 Å². The molecule has 0 fully saturated rings. The van der Waals surface area contributed by atoms with Gasteiger partial charge in [0.15, 0.2) is 0 Å². The van der Waals surface area contributed by atoms with Gasteiger partial charge in [-0.2, -0.15) is 0 Å². The summed E-state index contributed by atoms with van der Waals surface area (Å²) in [4.78, 5) is 0. The SMILES string of the molecule is C=Cc1cc(-c2cccc3c4c(oc23)COc2c(cccc2-c2ccc(C=C)c(/C=C\C)c2)C(=C)/C=C\4)ccc1/C=C\C. The quantitative estimate of drug-likeness (QED) is 0.207. The molecule has 6 rings (SSSR count). The van der Waals surface area contributed by atoms with Gasteiger partial charge in [0.25, 0.3) is 0 Å². The molecule has 0 bridgehead atoms. The average molecular weight is 559 g/mol. The van der Waals surface area contributed by atoms with E-state index in [4.69, 9.17) is 9.15 Å². The highest BCUT2D eigenvalue weighted by atomic mass is 16.5. The van der Waals surface area contributed by atoms with E-state index < -0.39 is 0 Å². The molecular formula is C41H34O2. The van der Waals surface area contributed by atoms with Crippen LogP contribution in [-0.4, -0.2) is 0 Å². The van der Waals surface area contributed by atoms with Crippen molar-refractivity contribution in [1.82, 2.24) is 0 Å². The summed E-state index contributed by atoms with van der Waals surface area (Å²) < 4.78 is 13.3. The molecule has 0 aliphatic carbocycles. The summed E-state index contributed by atoms with van der Waals surface area (Å²) in [6, 6.07) is 25.3. The molecule has 0 saturated carbocycles. The van der Waals surface area contributed by atoms with Gasteiger partial charge in [-0.25, -0.2) is 0 Å². The average Bonchev–Trinajstić information content (AvgIpc) is 3.42. The van der Waals surface area contributed by atoms with Gasteiger partial charge in [0.05, 0.1) is 0 Å². The minimum absolute atomic E-state index is 0.287. The third-order valence-electron chi connectivity index (χ3n) is 7.92. The van der Waals surface area contributed by atoms with Crippen LogP contribution in [0, 0.1) is 0 Å². The van der Waals surface area contributed by atoms with Crippen LogP contribution in [0.4, 0.5) is 0 Å². The monoisotopic (exact) mass is 558 g/mol. The highest BCUT2D eigenvalue weighted by molar-refractivity contribution is 6.00. The summed E-state index contributed by atoms with van der Waals surface area (Å²) in [5.74, 6) is 1.57. The lowest BCUT2D eigenvalue weighted by atomic mass is 9.94. The summed E-state index contributed by atoms with van der Waals surface area (Å²) in [6.07, 6.45) is 16.2. The second kappa shape index (κ2) is 11.9. The number of hydrogen-bond donors (Lipinski definition) is 0. The van der Waals surface area contributed by atoms with E-state index in [2.05, 4.69) is 117 Å². The largest absolute Gasteiger partial charge is 0.484 e. The zero-order valence-electron chi connectivity index (χ0n) is 24.7. The smallest absolute Gasteiger partial charge is 0.150 e. The molecule has 0 amide bonds. The molecule has 4 aromatic carbocycles. The van der Waals surface area contributed by atoms with Crippen molar-refractivity contribution in [2.24, 2.45) is 0 Å². The predicted molar refractivity (Wildman–Crippen MR) is 186 cm³/mol. The molecule has 1 aliphatic rings. The van der Waals surface area contributed by atoms with Crippen LogP contribution in [-0.2, 0) is 6.61 Å². The Hall–Kier alpha value is -5.34. The fourth-order valence-corrected chi connectivity index (χ4v) is 5.79. The number of hydrogen-bond acceptors (Lipinski definition) is 2. The molecule has 0 spiro atoms. The first-order valence-corrected chi connectivity index (χ1v) is 14.5. The van der Waals surface area contributed by atoms with Crippen molar-refractivity contribution < 1.29 is 9.15 Å². The predicted octanol–water partition coefficient (Wildman–Crippen LogP) is 11.7. The van der Waals surface area contributed by atoms with Crippen LogP contribution in [0.25, 0.3) is 69.2 Å². The van der Waals surface area contributed by atoms with Crippen LogP contribution in [0.5, 0.6) is 5.75 Å². The molecule has 5 aromatic rings. The van der Waals surface area contributed by atoms with E-state index in [1.165, 1.54) is 0 Å². The van der Waals surface area contributed by atoms with Gasteiger partial charge < -0.3 is 9.15 Å². The lowest BCUT2D eigenvalue weighted by molar-refractivity contribution is 0.275. The minimum Gasteiger partial charge on any atom is -0.484 e. The second-order valence-corrected chi connectivity index (χ2v) is 10.5. The normalized spacial score (nSPS) is 13.7. The zero-order chi connectivity index (χ0) is 29.9. The number of allylic oxidation sites excluding steroid dienone is 4. The highest BCUT2D eigenvalue weighted by Crippen LogP contribution is 2.42. The molecule has 0 unspecified atom stereocenters. The van der Waals surface area contributed by atoms with Gasteiger partial charge in [0.1, 0.15) is 23.7 Å². The maximum atomic E-state index is 6.65. The molecule has 210 valence electrons. The lowest BCUT2D eigenvalue weighted by Crippen LogP contribution is -2.00. The number of fused-ring (bicyclic) bond motifs is 4. The zero-order valence-corrected chi connectivity index (χ0v) is 24.7. The number of rotatable bonds is 6. The minimum atomic E-state index is 0.287. The van der Waals surface area contributed by atoms with E-state index in [0.29, 0.717) is 0 Å². The Kier molecular flexibility index (Phi) is 7.68. The maximum Gasteiger partial charge on any atom is 0.150 e. The molecule has 0 N–H and O–H groups in total. The highest BCUT2D eigenvalue weighted by Gasteiger charge is 2.21.